The second-order valence-corrected chi connectivity index (χ2v) is 12.6. The Balaban J connectivity index is 0.000000164. The first kappa shape index (κ1) is 34.4. The zero-order valence-corrected chi connectivity index (χ0v) is 27.5. The van der Waals surface area contributed by atoms with Crippen LogP contribution >= 0.6 is 0 Å². The fourth-order valence-corrected chi connectivity index (χ4v) is 6.04. The summed E-state index contributed by atoms with van der Waals surface area (Å²) in [6, 6.07) is 6.63. The van der Waals surface area contributed by atoms with Crippen molar-refractivity contribution in [2.45, 2.75) is 0 Å². The third-order valence-corrected chi connectivity index (χ3v) is 8.86. The number of halogens is 4. The Kier molecular flexibility index (Phi) is 9.43. The lowest BCUT2D eigenvalue weighted by molar-refractivity contribution is -0.132. The van der Waals surface area contributed by atoms with Gasteiger partial charge in [-0.2, -0.15) is 0 Å². The van der Waals surface area contributed by atoms with E-state index in [9.17, 15) is 32.6 Å². The molecule has 2 aliphatic rings. The maximum absolute atomic E-state index is 14.3. The quantitative estimate of drug-likeness (QED) is 0.131. The molecule has 0 atom stereocenters. The van der Waals surface area contributed by atoms with Crippen molar-refractivity contribution < 1.29 is 42.0 Å². The fraction of sp³-hybridized carbons (Fsp3) is 0.216. The van der Waals surface area contributed by atoms with Crippen LogP contribution in [-0.4, -0.2) is 79.2 Å². The summed E-state index contributed by atoms with van der Waals surface area (Å²) in [5.41, 5.74) is 1.49. The molecule has 1 amide bonds. The number of ether oxygens (including phenoxy) is 2. The maximum atomic E-state index is 14.3. The number of aromatic nitrogens is 4. The van der Waals surface area contributed by atoms with Crippen molar-refractivity contribution in [3.63, 3.8) is 0 Å². The Morgan fingerprint density at radius 2 is 1.21 bits per heavy atom. The predicted molar refractivity (Wildman–Crippen MR) is 182 cm³/mol. The lowest BCUT2D eigenvalue weighted by atomic mass is 10.0. The average Bonchev–Trinajstić information content (AvgIpc) is 3.73. The minimum absolute atomic E-state index is 0.116. The van der Waals surface area contributed by atoms with Gasteiger partial charge in [0.05, 0.1) is 49.4 Å². The normalized spacial score (nSPS) is 14.4. The number of hydrogen-bond acceptors (Lipinski definition) is 8. The summed E-state index contributed by atoms with van der Waals surface area (Å²) in [7, 11) is 0. The number of imidazole rings is 2. The number of nitrogens with zero attached hydrogens (tertiary/aromatic N) is 5. The molecule has 0 saturated carbocycles. The summed E-state index contributed by atoms with van der Waals surface area (Å²) in [5, 5.41) is 21.8. The molecule has 8 rings (SSSR count). The van der Waals surface area contributed by atoms with E-state index in [1.165, 1.54) is 12.4 Å². The van der Waals surface area contributed by atoms with E-state index < -0.39 is 34.8 Å². The molecule has 4 aromatic heterocycles. The Hall–Kier alpha value is -6.09. The van der Waals surface area contributed by atoms with Gasteiger partial charge in [0.25, 0.3) is 0 Å². The van der Waals surface area contributed by atoms with Gasteiger partial charge in [0.15, 0.2) is 0 Å². The molecule has 2 fully saturated rings. The average molecular weight is 717 g/mol. The standard InChI is InChI=1S/C20H17F2N3O3.C17H15F2N3O2/c1-2-19(27)24-7-12(8-24)10-28-18-3-13(9-25-11-23-6-17(18)25)20-15(21)4-14(26)5-16(20)22;18-13-2-12(23)3-14(19)17(13)11-1-16(24-8-10-4-20-5-10)15-6-21-9-22(15)7-11/h2-6,9,11-12,26H,1,7-8,10H2;1-3,6-7,9-10,20,23H,4-5,8H2. The highest BCUT2D eigenvalue weighted by Crippen LogP contribution is 2.35. The Labute approximate surface area is 294 Å². The van der Waals surface area contributed by atoms with Crippen LogP contribution in [0.5, 0.6) is 23.0 Å². The molecule has 2 saturated heterocycles. The first-order valence-corrected chi connectivity index (χ1v) is 16.2. The van der Waals surface area contributed by atoms with Gasteiger partial charge in [-0.15, -0.1) is 0 Å². The first-order chi connectivity index (χ1) is 25.1. The molecular weight excluding hydrogens is 684 g/mol. The van der Waals surface area contributed by atoms with Gasteiger partial charge < -0.3 is 38.7 Å². The van der Waals surface area contributed by atoms with Crippen LogP contribution in [0.3, 0.4) is 0 Å². The van der Waals surface area contributed by atoms with Gasteiger partial charge in [-0.1, -0.05) is 6.58 Å². The first-order valence-electron chi connectivity index (χ1n) is 16.2. The topological polar surface area (TPSA) is 126 Å². The summed E-state index contributed by atoms with van der Waals surface area (Å²) in [5.74, 6) is -2.93. The van der Waals surface area contributed by atoms with Gasteiger partial charge in [-0.3, -0.25) is 4.79 Å². The number of likely N-dealkylation sites (tertiary alicyclic amines) is 1. The molecule has 268 valence electrons. The van der Waals surface area contributed by atoms with Crippen molar-refractivity contribution in [2.24, 2.45) is 11.8 Å². The number of rotatable bonds is 9. The van der Waals surface area contributed by atoms with Crippen molar-refractivity contribution in [2.75, 3.05) is 39.4 Å². The van der Waals surface area contributed by atoms with Gasteiger partial charge in [-0.05, 0) is 18.2 Å². The Morgan fingerprint density at radius 1 is 0.769 bits per heavy atom. The van der Waals surface area contributed by atoms with Gasteiger partial charge >= 0.3 is 0 Å². The zero-order valence-electron chi connectivity index (χ0n) is 27.5. The SMILES string of the molecule is C=CC(=O)N1CC(COc2cc(-c3c(F)cc(O)cc3F)cn3cncc23)C1.Oc1cc(F)c(-c2cc(OCC3CNC3)c3cncn3c2)c(F)c1. The highest BCUT2D eigenvalue weighted by Gasteiger charge is 2.30. The van der Waals surface area contributed by atoms with Crippen LogP contribution in [0.25, 0.3) is 33.3 Å². The van der Waals surface area contributed by atoms with Gasteiger partial charge in [0, 0.05) is 85.8 Å². The van der Waals surface area contributed by atoms with Gasteiger partial charge in [0.1, 0.15) is 57.3 Å². The monoisotopic (exact) mass is 716 g/mol. The van der Waals surface area contributed by atoms with E-state index in [0.29, 0.717) is 54.8 Å². The third-order valence-electron chi connectivity index (χ3n) is 8.86. The van der Waals surface area contributed by atoms with Crippen LogP contribution < -0.4 is 14.8 Å². The van der Waals surface area contributed by atoms with Crippen LogP contribution in [0.4, 0.5) is 17.6 Å². The minimum Gasteiger partial charge on any atom is -0.508 e. The molecule has 6 aromatic rings. The van der Waals surface area contributed by atoms with Gasteiger partial charge in [0.2, 0.25) is 5.91 Å². The molecule has 0 radical (unpaired) electrons. The zero-order chi connectivity index (χ0) is 36.5. The molecular formula is C37H32F4N6O5. The molecule has 0 unspecified atom stereocenters. The van der Waals surface area contributed by atoms with Crippen molar-refractivity contribution >= 4 is 16.9 Å². The van der Waals surface area contributed by atoms with Crippen molar-refractivity contribution in [1.82, 2.24) is 29.0 Å². The Bertz CT molecular complexity index is 2250. The lowest BCUT2D eigenvalue weighted by Gasteiger charge is -2.38. The largest absolute Gasteiger partial charge is 0.508 e. The summed E-state index contributed by atoms with van der Waals surface area (Å²) >= 11 is 0. The van der Waals surface area contributed by atoms with Crippen molar-refractivity contribution in [3.8, 4) is 45.3 Å². The van der Waals surface area contributed by atoms with E-state index in [1.54, 1.807) is 56.9 Å². The van der Waals surface area contributed by atoms with E-state index >= 15 is 0 Å². The lowest BCUT2D eigenvalue weighted by Crippen LogP contribution is -2.51. The van der Waals surface area contributed by atoms with Crippen LogP contribution in [-0.2, 0) is 4.79 Å². The molecule has 2 aromatic carbocycles. The van der Waals surface area contributed by atoms with Crippen LogP contribution in [0.15, 0.2) is 86.5 Å². The minimum atomic E-state index is -0.875. The number of fused-ring (bicyclic) bond motifs is 2. The molecule has 6 heterocycles. The van der Waals surface area contributed by atoms with E-state index in [-0.39, 0.29) is 28.5 Å². The molecule has 2 aliphatic heterocycles. The number of nitrogens with one attached hydrogen (secondary N) is 1. The molecule has 11 nitrogen and oxygen atoms in total. The summed E-state index contributed by atoms with van der Waals surface area (Å²) in [4.78, 5) is 21.3. The highest BCUT2D eigenvalue weighted by molar-refractivity contribution is 5.87. The number of benzene rings is 2. The molecule has 15 heteroatoms. The molecule has 3 N–H and O–H groups in total. The second kappa shape index (κ2) is 14.3. The van der Waals surface area contributed by atoms with Crippen LogP contribution in [0.1, 0.15) is 0 Å². The predicted octanol–water partition coefficient (Wildman–Crippen LogP) is 5.59. The van der Waals surface area contributed by atoms with Crippen molar-refractivity contribution in [3.05, 3.63) is 110 Å². The number of carbonyl (C=O) groups excluding carboxylic acids is 1. The van der Waals surface area contributed by atoms with E-state index in [4.69, 9.17) is 9.47 Å². The Morgan fingerprint density at radius 3 is 1.62 bits per heavy atom. The number of phenols is 2. The molecule has 0 aliphatic carbocycles. The van der Waals surface area contributed by atoms with Crippen LogP contribution in [0, 0.1) is 35.1 Å². The molecule has 0 bridgehead atoms. The summed E-state index contributed by atoms with van der Waals surface area (Å²) in [6.07, 6.45) is 10.7. The summed E-state index contributed by atoms with van der Waals surface area (Å²) in [6.45, 7) is 7.28. The van der Waals surface area contributed by atoms with Crippen LogP contribution in [0.2, 0.25) is 0 Å². The van der Waals surface area contributed by atoms with E-state index in [2.05, 4.69) is 21.9 Å². The number of amides is 1. The maximum Gasteiger partial charge on any atom is 0.245 e. The fourth-order valence-electron chi connectivity index (χ4n) is 6.04. The summed E-state index contributed by atoms with van der Waals surface area (Å²) < 4.78 is 71.9. The second-order valence-electron chi connectivity index (χ2n) is 12.6. The number of pyridine rings is 2. The van der Waals surface area contributed by atoms with E-state index in [0.717, 1.165) is 42.9 Å². The molecule has 0 spiro atoms. The van der Waals surface area contributed by atoms with E-state index in [1.807, 2.05) is 0 Å². The smallest absolute Gasteiger partial charge is 0.245 e. The van der Waals surface area contributed by atoms with Gasteiger partial charge in [-0.25, -0.2) is 27.5 Å². The number of aromatic hydroxyl groups is 2. The molecule has 52 heavy (non-hydrogen) atoms. The third kappa shape index (κ3) is 6.94. The number of phenolic OH excluding ortho intramolecular Hbond substituents is 2. The van der Waals surface area contributed by atoms with Crippen molar-refractivity contribution in [1.29, 1.82) is 0 Å². The number of carbonyl (C=O) groups is 1. The highest BCUT2D eigenvalue weighted by atomic mass is 19.1. The number of hydrogen-bond donors (Lipinski definition) is 3.